The maximum atomic E-state index is 12.2. The molecule has 0 radical (unpaired) electrons. The zero-order chi connectivity index (χ0) is 18.2. The zero-order valence-corrected chi connectivity index (χ0v) is 16.0. The fourth-order valence-electron chi connectivity index (χ4n) is 2.66. The Balaban J connectivity index is 1.91. The van der Waals surface area contributed by atoms with Crippen molar-refractivity contribution in [2.75, 3.05) is 10.7 Å². The number of aromatic nitrogens is 2. The van der Waals surface area contributed by atoms with Gasteiger partial charge in [0.25, 0.3) is 0 Å². The molecule has 3 rings (SSSR count). The van der Waals surface area contributed by atoms with Crippen LogP contribution in [0.4, 0.5) is 5.69 Å². The zero-order valence-electron chi connectivity index (χ0n) is 15.2. The summed E-state index contributed by atoms with van der Waals surface area (Å²) in [4.78, 5) is 23.5. The summed E-state index contributed by atoms with van der Waals surface area (Å²) in [6.07, 6.45) is 1.87. The minimum Gasteiger partial charge on any atom is -0.341 e. The highest BCUT2D eigenvalue weighted by molar-refractivity contribution is 7.99. The van der Waals surface area contributed by atoms with E-state index in [0.717, 1.165) is 28.2 Å². The second kappa shape index (κ2) is 6.64. The third-order valence-corrected chi connectivity index (χ3v) is 5.11. The monoisotopic (exact) mass is 353 g/mol. The van der Waals surface area contributed by atoms with E-state index in [1.165, 1.54) is 11.8 Å². The summed E-state index contributed by atoms with van der Waals surface area (Å²) in [6, 6.07) is 8.21. The Kier molecular flexibility index (Phi) is 4.69. The Bertz CT molecular complexity index is 839. The quantitative estimate of drug-likeness (QED) is 0.589. The van der Waals surface area contributed by atoms with Crippen LogP contribution in [0, 0.1) is 5.41 Å². The molecule has 5 heteroatoms. The summed E-state index contributed by atoms with van der Waals surface area (Å²) < 4.78 is 0. The number of para-hydroxylation sites is 1. The van der Waals surface area contributed by atoms with Crippen LogP contribution in [0.1, 0.15) is 33.3 Å². The first-order chi connectivity index (χ1) is 11.8. The Morgan fingerprint density at radius 3 is 2.72 bits per heavy atom. The number of carbonyl (C=O) groups excluding carboxylic acids is 1. The number of hydrogen-bond donors (Lipinski definition) is 0. The van der Waals surface area contributed by atoms with Crippen LogP contribution in [-0.4, -0.2) is 21.5 Å². The molecular weight excluding hydrogens is 330 g/mol. The molecule has 0 saturated heterocycles. The minimum absolute atomic E-state index is 0.202. The number of rotatable bonds is 4. The molecule has 0 unspecified atom stereocenters. The van der Waals surface area contributed by atoms with Gasteiger partial charge < -0.3 is 4.90 Å². The van der Waals surface area contributed by atoms with E-state index in [4.69, 9.17) is 4.98 Å². The number of hydrogen-bond acceptors (Lipinski definition) is 5. The molecule has 1 aromatic heterocycles. The van der Waals surface area contributed by atoms with E-state index < -0.39 is 0 Å². The van der Waals surface area contributed by atoms with E-state index in [0.29, 0.717) is 17.5 Å². The van der Waals surface area contributed by atoms with Crippen LogP contribution in [-0.2, 0) is 11.3 Å². The van der Waals surface area contributed by atoms with Crippen molar-refractivity contribution in [3.05, 3.63) is 48.3 Å². The van der Waals surface area contributed by atoms with Crippen molar-refractivity contribution in [2.45, 2.75) is 39.4 Å². The van der Waals surface area contributed by atoms with Gasteiger partial charge in [-0.3, -0.25) is 4.79 Å². The number of ketones is 1. The average molecular weight is 353 g/mol. The van der Waals surface area contributed by atoms with Crippen LogP contribution in [0.5, 0.6) is 0 Å². The lowest BCUT2D eigenvalue weighted by Crippen LogP contribution is -2.25. The molecule has 0 bridgehead atoms. The predicted octanol–water partition coefficient (Wildman–Crippen LogP) is 4.70. The lowest BCUT2D eigenvalue weighted by molar-refractivity contribution is -0.123. The summed E-state index contributed by atoms with van der Waals surface area (Å²) in [7, 11) is 0. The van der Waals surface area contributed by atoms with Gasteiger partial charge in [0, 0.05) is 28.4 Å². The molecule has 0 amide bonds. The lowest BCUT2D eigenvalue weighted by atomic mass is 9.92. The van der Waals surface area contributed by atoms with Gasteiger partial charge in [0.1, 0.15) is 5.78 Å². The molecule has 0 fully saturated rings. The summed E-state index contributed by atoms with van der Waals surface area (Å²) in [5.74, 6) is 0.592. The second-order valence-electron chi connectivity index (χ2n) is 7.33. The third kappa shape index (κ3) is 3.61. The number of thioether (sulfide) groups is 1. The summed E-state index contributed by atoms with van der Waals surface area (Å²) in [5, 5.41) is 0.648. The normalized spacial score (nSPS) is 13.2. The number of Topliss-reactive ketones (excluding diaryl/α,β-unsaturated/α-hetero) is 1. The molecule has 1 aliphatic heterocycles. The van der Waals surface area contributed by atoms with Gasteiger partial charge in [-0.1, -0.05) is 57.3 Å². The van der Waals surface area contributed by atoms with Crippen LogP contribution in [0.25, 0.3) is 11.3 Å². The summed E-state index contributed by atoms with van der Waals surface area (Å²) >= 11 is 1.41. The molecule has 2 heterocycles. The van der Waals surface area contributed by atoms with Gasteiger partial charge in [-0.2, -0.15) is 0 Å². The van der Waals surface area contributed by atoms with Crippen LogP contribution < -0.4 is 4.90 Å². The fourth-order valence-corrected chi connectivity index (χ4v) is 3.64. The molecule has 0 atom stereocenters. The van der Waals surface area contributed by atoms with E-state index in [-0.39, 0.29) is 11.2 Å². The van der Waals surface area contributed by atoms with Gasteiger partial charge >= 0.3 is 0 Å². The van der Waals surface area contributed by atoms with Crippen molar-refractivity contribution in [1.82, 2.24) is 9.97 Å². The van der Waals surface area contributed by atoms with E-state index in [2.05, 4.69) is 28.6 Å². The summed E-state index contributed by atoms with van der Waals surface area (Å²) in [6.45, 7) is 12.6. The fraction of sp³-hybridized carbons (Fsp3) is 0.350. The number of nitrogens with zero attached hydrogens (tertiary/aromatic N) is 3. The molecule has 0 aliphatic carbocycles. The van der Waals surface area contributed by atoms with Crippen molar-refractivity contribution >= 4 is 23.2 Å². The van der Waals surface area contributed by atoms with Gasteiger partial charge in [-0.25, -0.2) is 9.97 Å². The number of carbonyl (C=O) groups is 1. The van der Waals surface area contributed by atoms with Crippen molar-refractivity contribution in [3.8, 4) is 11.3 Å². The minimum atomic E-state index is -0.338. The van der Waals surface area contributed by atoms with Crippen molar-refractivity contribution in [2.24, 2.45) is 5.41 Å². The molecule has 25 heavy (non-hydrogen) atoms. The van der Waals surface area contributed by atoms with Gasteiger partial charge in [-0.05, 0) is 13.0 Å². The van der Waals surface area contributed by atoms with Crippen molar-refractivity contribution in [1.29, 1.82) is 0 Å². The van der Waals surface area contributed by atoms with Crippen LogP contribution >= 0.6 is 11.8 Å². The maximum absolute atomic E-state index is 12.2. The Morgan fingerprint density at radius 1 is 1.32 bits per heavy atom. The molecular formula is C20H23N3OS. The highest BCUT2D eigenvalue weighted by atomic mass is 32.2. The first-order valence-corrected chi connectivity index (χ1v) is 9.30. The smallest absolute Gasteiger partial charge is 0.188 e. The number of benzene rings is 1. The Labute approximate surface area is 153 Å². The topological polar surface area (TPSA) is 46.1 Å². The third-order valence-electron chi connectivity index (χ3n) is 4.25. The van der Waals surface area contributed by atoms with Crippen molar-refractivity contribution in [3.63, 3.8) is 0 Å². The Morgan fingerprint density at radius 2 is 2.04 bits per heavy atom. The molecule has 4 nitrogen and oxygen atoms in total. The molecule has 1 aromatic carbocycles. The lowest BCUT2D eigenvalue weighted by Gasteiger charge is -2.32. The molecule has 130 valence electrons. The molecule has 1 aliphatic rings. The maximum Gasteiger partial charge on any atom is 0.188 e. The molecule has 0 spiro atoms. The second-order valence-corrected chi connectivity index (χ2v) is 8.27. The van der Waals surface area contributed by atoms with Crippen LogP contribution in [0.15, 0.2) is 47.9 Å². The highest BCUT2D eigenvalue weighted by Gasteiger charge is 2.25. The number of fused-ring (bicyclic) bond motifs is 3. The van der Waals surface area contributed by atoms with E-state index in [9.17, 15) is 4.79 Å². The number of anilines is 1. The SMILES string of the molecule is C=C(C)N1Cc2cnc(SCC(=O)C(C)(C)C)nc2-c2ccccc21. The average Bonchev–Trinajstić information content (AvgIpc) is 2.57. The van der Waals surface area contributed by atoms with E-state index in [1.54, 1.807) is 0 Å². The molecule has 0 N–H and O–H groups in total. The van der Waals surface area contributed by atoms with Crippen LogP contribution in [0.2, 0.25) is 0 Å². The highest BCUT2D eigenvalue weighted by Crippen LogP contribution is 2.39. The van der Waals surface area contributed by atoms with Gasteiger partial charge in [0.2, 0.25) is 0 Å². The van der Waals surface area contributed by atoms with E-state index in [1.807, 2.05) is 46.0 Å². The first kappa shape index (κ1) is 17.7. The first-order valence-electron chi connectivity index (χ1n) is 8.32. The van der Waals surface area contributed by atoms with Gasteiger partial charge in [-0.15, -0.1) is 0 Å². The standard InChI is InChI=1S/C20H23N3OS/c1-13(2)23-11-14-10-21-19(25-12-17(24)20(3,4)5)22-18(14)15-8-6-7-9-16(15)23/h6-10H,1,11-12H2,2-5H3. The predicted molar refractivity (Wildman–Crippen MR) is 104 cm³/mol. The van der Waals surface area contributed by atoms with Gasteiger partial charge in [0.05, 0.1) is 23.7 Å². The van der Waals surface area contributed by atoms with Crippen molar-refractivity contribution < 1.29 is 4.79 Å². The van der Waals surface area contributed by atoms with Gasteiger partial charge in [0.15, 0.2) is 5.16 Å². The molecule has 0 saturated carbocycles. The molecule has 2 aromatic rings. The number of allylic oxidation sites excluding steroid dienone is 1. The Hall–Kier alpha value is -2.14. The summed E-state index contributed by atoms with van der Waals surface area (Å²) in [5.41, 5.74) is 4.88. The van der Waals surface area contributed by atoms with E-state index >= 15 is 0 Å². The van der Waals surface area contributed by atoms with Crippen LogP contribution in [0.3, 0.4) is 0 Å². The largest absolute Gasteiger partial charge is 0.341 e.